The van der Waals surface area contributed by atoms with Gasteiger partial charge in [-0.2, -0.15) is 0 Å². The van der Waals surface area contributed by atoms with Gasteiger partial charge in [0.1, 0.15) is 9.84 Å². The lowest BCUT2D eigenvalue weighted by Crippen LogP contribution is -2.28. The molecule has 0 atom stereocenters. The second-order valence-electron chi connectivity index (χ2n) is 3.88. The van der Waals surface area contributed by atoms with E-state index in [0.29, 0.717) is 6.54 Å². The lowest BCUT2D eigenvalue weighted by atomic mass is 10.2. The lowest BCUT2D eigenvalue weighted by molar-refractivity contribution is 0.582. The molecule has 0 amide bonds. The molecule has 0 radical (unpaired) electrons. The first-order valence-corrected chi connectivity index (χ1v) is 8.75. The minimum Gasteiger partial charge on any atom is -0.326 e. The molecular formula is C10H16N2O4S2. The van der Waals surface area contributed by atoms with E-state index in [-0.39, 0.29) is 17.2 Å². The number of rotatable bonds is 6. The van der Waals surface area contributed by atoms with Crippen molar-refractivity contribution in [2.45, 2.75) is 11.4 Å². The van der Waals surface area contributed by atoms with Gasteiger partial charge in [-0.1, -0.05) is 12.1 Å². The Morgan fingerprint density at radius 2 is 1.67 bits per heavy atom. The zero-order chi connectivity index (χ0) is 13.8. The van der Waals surface area contributed by atoms with Crippen LogP contribution in [0.15, 0.2) is 29.2 Å². The summed E-state index contributed by atoms with van der Waals surface area (Å²) in [5.74, 6) is -0.229. The lowest BCUT2D eigenvalue weighted by Gasteiger charge is -2.06. The third-order valence-corrected chi connectivity index (χ3v) is 4.66. The predicted molar refractivity (Wildman–Crippen MR) is 69.2 cm³/mol. The molecule has 0 bridgehead atoms. The van der Waals surface area contributed by atoms with Crippen LogP contribution in [0.3, 0.4) is 0 Å². The standard InChI is InChI=1S/C10H16N2O4S2/c1-17(13,14)7-6-12-18(15,16)10-4-2-9(8-11)3-5-10/h2-5,12H,6-8,11H2,1H3. The summed E-state index contributed by atoms with van der Waals surface area (Å²) in [6, 6.07) is 6.10. The largest absolute Gasteiger partial charge is 0.326 e. The number of benzene rings is 1. The molecule has 1 aromatic carbocycles. The van der Waals surface area contributed by atoms with Crippen molar-refractivity contribution in [2.24, 2.45) is 5.73 Å². The van der Waals surface area contributed by atoms with Crippen molar-refractivity contribution in [1.82, 2.24) is 4.72 Å². The predicted octanol–water partition coefficient (Wildman–Crippen LogP) is -0.532. The molecule has 8 heteroatoms. The molecule has 1 rings (SSSR count). The molecule has 0 unspecified atom stereocenters. The SMILES string of the molecule is CS(=O)(=O)CCNS(=O)(=O)c1ccc(CN)cc1. The Hall–Kier alpha value is -0.960. The van der Waals surface area contributed by atoms with Gasteiger partial charge in [-0.05, 0) is 17.7 Å². The normalized spacial score (nSPS) is 12.6. The van der Waals surface area contributed by atoms with Crippen molar-refractivity contribution >= 4 is 19.9 Å². The van der Waals surface area contributed by atoms with Crippen LogP contribution in [0, 0.1) is 0 Å². The fourth-order valence-electron chi connectivity index (χ4n) is 1.25. The molecule has 0 saturated carbocycles. The molecule has 102 valence electrons. The minimum absolute atomic E-state index is 0.0909. The van der Waals surface area contributed by atoms with Gasteiger partial charge in [-0.3, -0.25) is 0 Å². The van der Waals surface area contributed by atoms with Crippen LogP contribution in [0.4, 0.5) is 0 Å². The van der Waals surface area contributed by atoms with E-state index in [1.165, 1.54) is 12.1 Å². The van der Waals surface area contributed by atoms with Crippen molar-refractivity contribution < 1.29 is 16.8 Å². The van der Waals surface area contributed by atoms with Crippen LogP contribution in [0.5, 0.6) is 0 Å². The number of sulfone groups is 1. The highest BCUT2D eigenvalue weighted by Crippen LogP contribution is 2.09. The zero-order valence-electron chi connectivity index (χ0n) is 9.96. The topological polar surface area (TPSA) is 106 Å². The van der Waals surface area contributed by atoms with E-state index >= 15 is 0 Å². The highest BCUT2D eigenvalue weighted by atomic mass is 32.2. The Morgan fingerprint density at radius 1 is 1.11 bits per heavy atom. The number of hydrogen-bond acceptors (Lipinski definition) is 5. The molecule has 0 spiro atoms. The van der Waals surface area contributed by atoms with Gasteiger partial charge in [0.05, 0.1) is 10.6 Å². The summed E-state index contributed by atoms with van der Waals surface area (Å²) in [6.45, 7) is 0.196. The maximum atomic E-state index is 11.8. The van der Waals surface area contributed by atoms with Gasteiger partial charge in [0.25, 0.3) is 0 Å². The summed E-state index contributed by atoms with van der Waals surface area (Å²) in [7, 11) is -6.85. The van der Waals surface area contributed by atoms with Crippen molar-refractivity contribution in [3.63, 3.8) is 0 Å². The quantitative estimate of drug-likeness (QED) is 0.733. The third kappa shape index (κ3) is 4.73. The summed E-state index contributed by atoms with van der Waals surface area (Å²) in [5.41, 5.74) is 6.23. The van der Waals surface area contributed by atoms with Crippen LogP contribution in [0.1, 0.15) is 5.56 Å². The highest BCUT2D eigenvalue weighted by Gasteiger charge is 2.14. The zero-order valence-corrected chi connectivity index (χ0v) is 11.6. The van der Waals surface area contributed by atoms with Gasteiger partial charge in [0, 0.05) is 19.3 Å². The summed E-state index contributed by atoms with van der Waals surface area (Å²) >= 11 is 0. The van der Waals surface area contributed by atoms with Gasteiger partial charge in [0.2, 0.25) is 10.0 Å². The molecule has 0 heterocycles. The molecule has 0 fully saturated rings. The average molecular weight is 292 g/mol. The molecule has 0 saturated heterocycles. The molecule has 0 aliphatic heterocycles. The molecule has 1 aromatic rings. The molecule has 6 nitrogen and oxygen atoms in total. The summed E-state index contributed by atoms with van der Waals surface area (Å²) in [5, 5.41) is 0. The minimum atomic E-state index is -3.66. The van der Waals surface area contributed by atoms with Gasteiger partial charge < -0.3 is 5.73 Å². The monoisotopic (exact) mass is 292 g/mol. The first kappa shape index (κ1) is 15.1. The van der Waals surface area contributed by atoms with Crippen molar-refractivity contribution in [2.75, 3.05) is 18.6 Å². The second-order valence-corrected chi connectivity index (χ2v) is 7.90. The van der Waals surface area contributed by atoms with Crippen molar-refractivity contribution in [3.05, 3.63) is 29.8 Å². The van der Waals surface area contributed by atoms with E-state index < -0.39 is 19.9 Å². The highest BCUT2D eigenvalue weighted by molar-refractivity contribution is 7.91. The van der Waals surface area contributed by atoms with Crippen LogP contribution < -0.4 is 10.5 Å². The van der Waals surface area contributed by atoms with Gasteiger partial charge in [-0.25, -0.2) is 21.6 Å². The van der Waals surface area contributed by atoms with Gasteiger partial charge in [0.15, 0.2) is 0 Å². The number of sulfonamides is 1. The van der Waals surface area contributed by atoms with Crippen LogP contribution in [-0.4, -0.2) is 35.4 Å². The first-order valence-electron chi connectivity index (χ1n) is 5.21. The smallest absolute Gasteiger partial charge is 0.240 e. The average Bonchev–Trinajstić information content (AvgIpc) is 2.27. The first-order chi connectivity index (χ1) is 8.24. The number of hydrogen-bond donors (Lipinski definition) is 2. The maximum Gasteiger partial charge on any atom is 0.240 e. The van der Waals surface area contributed by atoms with E-state index in [1.807, 2.05) is 0 Å². The van der Waals surface area contributed by atoms with E-state index in [2.05, 4.69) is 4.72 Å². The molecule has 0 aromatic heterocycles. The Morgan fingerprint density at radius 3 is 2.11 bits per heavy atom. The van der Waals surface area contributed by atoms with Gasteiger partial charge in [-0.15, -0.1) is 0 Å². The fraction of sp³-hybridized carbons (Fsp3) is 0.400. The van der Waals surface area contributed by atoms with Crippen LogP contribution in [0.25, 0.3) is 0 Å². The maximum absolute atomic E-state index is 11.8. The second kappa shape index (κ2) is 5.79. The van der Waals surface area contributed by atoms with Crippen molar-refractivity contribution in [1.29, 1.82) is 0 Å². The Kier molecular flexibility index (Phi) is 4.85. The fourth-order valence-corrected chi connectivity index (χ4v) is 2.88. The van der Waals surface area contributed by atoms with Crippen molar-refractivity contribution in [3.8, 4) is 0 Å². The molecule has 0 aliphatic carbocycles. The van der Waals surface area contributed by atoms with E-state index in [4.69, 9.17) is 5.73 Å². The molecular weight excluding hydrogens is 276 g/mol. The van der Waals surface area contributed by atoms with E-state index in [1.54, 1.807) is 12.1 Å². The van der Waals surface area contributed by atoms with E-state index in [0.717, 1.165) is 11.8 Å². The summed E-state index contributed by atoms with van der Waals surface area (Å²) < 4.78 is 47.6. The number of nitrogens with two attached hydrogens (primary N) is 1. The Balaban J connectivity index is 2.74. The molecule has 3 N–H and O–H groups in total. The van der Waals surface area contributed by atoms with Crippen LogP contribution in [0.2, 0.25) is 0 Å². The summed E-state index contributed by atoms with van der Waals surface area (Å²) in [6.07, 6.45) is 1.05. The summed E-state index contributed by atoms with van der Waals surface area (Å²) in [4.78, 5) is 0.0909. The van der Waals surface area contributed by atoms with Crippen LogP contribution in [-0.2, 0) is 26.4 Å². The Labute approximate surface area is 107 Å². The third-order valence-electron chi connectivity index (χ3n) is 2.23. The number of nitrogens with one attached hydrogen (secondary N) is 1. The molecule has 0 aliphatic rings. The Bertz CT molecular complexity index is 591. The van der Waals surface area contributed by atoms with E-state index in [9.17, 15) is 16.8 Å². The van der Waals surface area contributed by atoms with Gasteiger partial charge >= 0.3 is 0 Å². The molecule has 18 heavy (non-hydrogen) atoms. The van der Waals surface area contributed by atoms with Crippen LogP contribution >= 0.6 is 0 Å².